The van der Waals surface area contributed by atoms with Gasteiger partial charge in [-0.1, -0.05) is 36.7 Å². The summed E-state index contributed by atoms with van der Waals surface area (Å²) in [6, 6.07) is 6.50. The molecule has 0 atom stereocenters. The minimum Gasteiger partial charge on any atom is -0.302 e. The van der Waals surface area contributed by atoms with Crippen LogP contribution in [0.15, 0.2) is 39.0 Å². The molecule has 1 aromatic carbocycles. The predicted molar refractivity (Wildman–Crippen MR) is 105 cm³/mol. The fraction of sp³-hybridized carbons (Fsp3) is 0.412. The molecule has 0 aliphatic carbocycles. The Hall–Kier alpha value is -1.25. The summed E-state index contributed by atoms with van der Waals surface area (Å²) in [5.41, 5.74) is 0.851. The molecular weight excluding hydrogens is 424 g/mol. The molecule has 0 unspecified atom stereocenters. The Morgan fingerprint density at radius 2 is 1.88 bits per heavy atom. The van der Waals surface area contributed by atoms with Crippen molar-refractivity contribution < 1.29 is 13.2 Å². The third-order valence-corrected chi connectivity index (χ3v) is 6.61. The number of hydrogen-bond donors (Lipinski definition) is 1. The second-order valence-corrected chi connectivity index (χ2v) is 10.6. The number of anilines is 1. The normalized spacial score (nSPS) is 12.2. The first-order valence-electron chi connectivity index (χ1n) is 7.82. The van der Waals surface area contributed by atoms with E-state index in [2.05, 4.69) is 47.0 Å². The van der Waals surface area contributed by atoms with E-state index in [0.29, 0.717) is 5.13 Å². The number of halogens is 1. The highest BCUT2D eigenvalue weighted by molar-refractivity contribution is 9.10. The highest BCUT2D eigenvalue weighted by Gasteiger charge is 2.19. The first kappa shape index (κ1) is 20.1. The largest absolute Gasteiger partial charge is 0.302 e. The minimum absolute atomic E-state index is 0.0623. The summed E-state index contributed by atoms with van der Waals surface area (Å²) in [6.07, 6.45) is 0.405. The van der Waals surface area contributed by atoms with Crippen molar-refractivity contribution in [2.24, 2.45) is 0 Å². The SMILES string of the molecule is CC(C)(C)c1csc(NC(=O)CCCS(=O)(=O)c2ccc(Br)cc2)n1. The quantitative estimate of drug-likeness (QED) is 0.716. The smallest absolute Gasteiger partial charge is 0.226 e. The van der Waals surface area contributed by atoms with Crippen molar-refractivity contribution in [1.29, 1.82) is 0 Å². The summed E-state index contributed by atoms with van der Waals surface area (Å²) < 4.78 is 25.3. The van der Waals surface area contributed by atoms with Crippen molar-refractivity contribution in [2.75, 3.05) is 11.1 Å². The zero-order valence-electron chi connectivity index (χ0n) is 14.4. The van der Waals surface area contributed by atoms with Gasteiger partial charge >= 0.3 is 0 Å². The monoisotopic (exact) mass is 444 g/mol. The number of rotatable bonds is 6. The molecule has 0 bridgehead atoms. The lowest BCUT2D eigenvalue weighted by Gasteiger charge is -2.14. The molecule has 0 saturated carbocycles. The average Bonchev–Trinajstić information content (AvgIpc) is 2.96. The van der Waals surface area contributed by atoms with Gasteiger partial charge in [-0.2, -0.15) is 0 Å². The Morgan fingerprint density at radius 3 is 2.44 bits per heavy atom. The van der Waals surface area contributed by atoms with E-state index in [-0.39, 0.29) is 34.8 Å². The summed E-state index contributed by atoms with van der Waals surface area (Å²) in [5.74, 6) is -0.284. The van der Waals surface area contributed by atoms with Crippen molar-refractivity contribution in [3.63, 3.8) is 0 Å². The second-order valence-electron chi connectivity index (χ2n) is 6.71. The Morgan fingerprint density at radius 1 is 1.24 bits per heavy atom. The molecule has 1 amide bonds. The van der Waals surface area contributed by atoms with Gasteiger partial charge < -0.3 is 5.32 Å². The van der Waals surface area contributed by atoms with E-state index >= 15 is 0 Å². The maximum atomic E-state index is 12.2. The van der Waals surface area contributed by atoms with Crippen LogP contribution in [0.3, 0.4) is 0 Å². The Bertz CT molecular complexity index is 838. The molecule has 0 aliphatic heterocycles. The molecule has 0 radical (unpaired) electrons. The van der Waals surface area contributed by atoms with Crippen LogP contribution in [-0.2, 0) is 20.0 Å². The molecule has 2 aromatic rings. The van der Waals surface area contributed by atoms with Gasteiger partial charge in [0.25, 0.3) is 0 Å². The van der Waals surface area contributed by atoms with E-state index in [1.54, 1.807) is 24.3 Å². The van der Waals surface area contributed by atoms with Crippen LogP contribution in [-0.4, -0.2) is 25.1 Å². The molecule has 2 rings (SSSR count). The predicted octanol–water partition coefficient (Wildman–Crippen LogP) is 4.40. The summed E-state index contributed by atoms with van der Waals surface area (Å²) in [7, 11) is -3.37. The lowest BCUT2D eigenvalue weighted by atomic mass is 9.93. The number of nitrogens with zero attached hydrogens (tertiary/aromatic N) is 1. The Balaban J connectivity index is 1.86. The number of amides is 1. The van der Waals surface area contributed by atoms with Crippen LogP contribution in [0, 0.1) is 0 Å². The van der Waals surface area contributed by atoms with Gasteiger partial charge in [0.2, 0.25) is 5.91 Å². The minimum atomic E-state index is -3.37. The number of aromatic nitrogens is 1. The van der Waals surface area contributed by atoms with E-state index < -0.39 is 9.84 Å². The highest BCUT2D eigenvalue weighted by atomic mass is 79.9. The van der Waals surface area contributed by atoms with E-state index in [1.165, 1.54) is 11.3 Å². The van der Waals surface area contributed by atoms with Gasteiger partial charge in [0.1, 0.15) is 0 Å². The number of sulfone groups is 1. The molecule has 1 N–H and O–H groups in total. The molecule has 1 aromatic heterocycles. The summed E-state index contributed by atoms with van der Waals surface area (Å²) in [5, 5.41) is 5.21. The number of thiazole rings is 1. The van der Waals surface area contributed by atoms with Crippen LogP contribution in [0.1, 0.15) is 39.3 Å². The fourth-order valence-electron chi connectivity index (χ4n) is 2.04. The highest BCUT2D eigenvalue weighted by Crippen LogP contribution is 2.26. The summed E-state index contributed by atoms with van der Waals surface area (Å²) in [4.78, 5) is 16.7. The van der Waals surface area contributed by atoms with E-state index in [0.717, 1.165) is 10.2 Å². The summed E-state index contributed by atoms with van der Waals surface area (Å²) >= 11 is 4.65. The van der Waals surface area contributed by atoms with Gasteiger partial charge in [-0.05, 0) is 30.7 Å². The first-order valence-corrected chi connectivity index (χ1v) is 11.1. The van der Waals surface area contributed by atoms with Crippen LogP contribution in [0.4, 0.5) is 5.13 Å². The van der Waals surface area contributed by atoms with Crippen LogP contribution in [0.25, 0.3) is 0 Å². The van der Waals surface area contributed by atoms with Crippen molar-refractivity contribution >= 4 is 48.1 Å². The number of carbonyl (C=O) groups is 1. The van der Waals surface area contributed by atoms with Gasteiger partial charge in [0.05, 0.1) is 16.3 Å². The van der Waals surface area contributed by atoms with Gasteiger partial charge in [0.15, 0.2) is 15.0 Å². The Kier molecular flexibility index (Phi) is 6.40. The lowest BCUT2D eigenvalue weighted by Crippen LogP contribution is -2.15. The number of nitrogens with one attached hydrogen (secondary N) is 1. The molecule has 0 spiro atoms. The zero-order chi connectivity index (χ0) is 18.7. The van der Waals surface area contributed by atoms with E-state index in [9.17, 15) is 13.2 Å². The van der Waals surface area contributed by atoms with Crippen molar-refractivity contribution in [2.45, 2.75) is 43.9 Å². The zero-order valence-corrected chi connectivity index (χ0v) is 17.6. The topological polar surface area (TPSA) is 76.1 Å². The van der Waals surface area contributed by atoms with Crippen LogP contribution in [0.2, 0.25) is 0 Å². The van der Waals surface area contributed by atoms with Gasteiger partial charge in [-0.3, -0.25) is 4.79 Å². The standard InChI is InChI=1S/C17H21BrN2O3S2/c1-17(2,3)14-11-24-16(19-14)20-15(21)5-4-10-25(22,23)13-8-6-12(18)7-9-13/h6-9,11H,4-5,10H2,1-3H3,(H,19,20,21). The first-order chi connectivity index (χ1) is 11.6. The van der Waals surface area contributed by atoms with E-state index in [1.807, 2.05) is 5.38 Å². The Labute approximate surface area is 160 Å². The number of carbonyl (C=O) groups excluding carboxylic acids is 1. The van der Waals surface area contributed by atoms with Crippen LogP contribution in [0.5, 0.6) is 0 Å². The lowest BCUT2D eigenvalue weighted by molar-refractivity contribution is -0.116. The van der Waals surface area contributed by atoms with E-state index in [4.69, 9.17) is 0 Å². The summed E-state index contributed by atoms with van der Waals surface area (Å²) in [6.45, 7) is 6.17. The van der Waals surface area contributed by atoms with Crippen molar-refractivity contribution in [1.82, 2.24) is 4.98 Å². The molecule has 0 aliphatic rings. The van der Waals surface area contributed by atoms with Crippen LogP contribution >= 0.6 is 27.3 Å². The molecule has 5 nitrogen and oxygen atoms in total. The number of hydrogen-bond acceptors (Lipinski definition) is 5. The molecule has 1 heterocycles. The average molecular weight is 445 g/mol. The maximum Gasteiger partial charge on any atom is 0.226 e. The van der Waals surface area contributed by atoms with Crippen LogP contribution < -0.4 is 5.32 Å². The third kappa shape index (κ3) is 5.90. The van der Waals surface area contributed by atoms with Crippen molar-refractivity contribution in [3.05, 3.63) is 39.8 Å². The molecule has 8 heteroatoms. The van der Waals surface area contributed by atoms with Gasteiger partial charge in [0, 0.05) is 21.7 Å². The van der Waals surface area contributed by atoms with Gasteiger partial charge in [-0.25, -0.2) is 13.4 Å². The molecule has 0 fully saturated rings. The third-order valence-electron chi connectivity index (χ3n) is 3.51. The maximum absolute atomic E-state index is 12.2. The second kappa shape index (κ2) is 7.97. The number of benzene rings is 1. The molecule has 25 heavy (non-hydrogen) atoms. The fourth-order valence-corrected chi connectivity index (χ4v) is 4.57. The molecular formula is C17H21BrN2O3S2. The van der Waals surface area contributed by atoms with Crippen molar-refractivity contribution in [3.8, 4) is 0 Å². The molecule has 0 saturated heterocycles. The van der Waals surface area contributed by atoms with Gasteiger partial charge in [-0.15, -0.1) is 11.3 Å². The molecule has 136 valence electrons.